The first-order chi connectivity index (χ1) is 8.08. The summed E-state index contributed by atoms with van der Waals surface area (Å²) in [4.78, 5) is 16.7. The molecule has 7 heteroatoms. The first-order valence-corrected chi connectivity index (χ1v) is 6.15. The molecule has 0 aromatic carbocycles. The van der Waals surface area contributed by atoms with Crippen LogP contribution in [0.3, 0.4) is 0 Å². The van der Waals surface area contributed by atoms with E-state index in [1.807, 2.05) is 4.90 Å². The number of nitro groups is 1. The van der Waals surface area contributed by atoms with E-state index >= 15 is 0 Å². The lowest BCUT2D eigenvalue weighted by atomic mass is 10.2. The monoisotopic (exact) mass is 300 g/mol. The van der Waals surface area contributed by atoms with Gasteiger partial charge in [0.15, 0.2) is 0 Å². The molecule has 1 saturated heterocycles. The Bertz CT molecular complexity index is 440. The van der Waals surface area contributed by atoms with Crippen molar-refractivity contribution in [1.29, 1.82) is 0 Å². The molecular weight excluding hydrogens is 288 g/mol. The molecule has 1 aliphatic rings. The molecular formula is C10H13BrN4O2. The summed E-state index contributed by atoms with van der Waals surface area (Å²) < 4.78 is 0.621. The predicted molar refractivity (Wildman–Crippen MR) is 68.3 cm³/mol. The third-order valence-electron chi connectivity index (χ3n) is 2.68. The molecule has 0 unspecified atom stereocenters. The van der Waals surface area contributed by atoms with Gasteiger partial charge in [-0.1, -0.05) is 0 Å². The third kappa shape index (κ3) is 2.73. The maximum absolute atomic E-state index is 11.0. The molecule has 0 spiro atoms. The number of anilines is 1. The molecule has 0 bridgehead atoms. The summed E-state index contributed by atoms with van der Waals surface area (Å²) in [7, 11) is 0. The van der Waals surface area contributed by atoms with E-state index in [4.69, 9.17) is 0 Å². The van der Waals surface area contributed by atoms with Crippen molar-refractivity contribution < 1.29 is 4.92 Å². The van der Waals surface area contributed by atoms with E-state index < -0.39 is 0 Å². The Morgan fingerprint density at radius 2 is 2.47 bits per heavy atom. The Labute approximate surface area is 107 Å². The highest BCUT2D eigenvalue weighted by atomic mass is 79.9. The van der Waals surface area contributed by atoms with E-state index in [0.29, 0.717) is 16.3 Å². The second kappa shape index (κ2) is 4.97. The van der Waals surface area contributed by atoms with Crippen LogP contribution >= 0.6 is 15.9 Å². The molecule has 2 rings (SSSR count). The predicted octanol–water partition coefficient (Wildman–Crippen LogP) is 1.55. The van der Waals surface area contributed by atoms with Crippen molar-refractivity contribution in [3.05, 3.63) is 26.9 Å². The zero-order valence-electron chi connectivity index (χ0n) is 9.39. The van der Waals surface area contributed by atoms with E-state index in [1.54, 1.807) is 6.20 Å². The fraction of sp³-hybridized carbons (Fsp3) is 0.500. The Morgan fingerprint density at radius 1 is 1.71 bits per heavy atom. The van der Waals surface area contributed by atoms with E-state index in [-0.39, 0.29) is 10.6 Å². The largest absolute Gasteiger partial charge is 0.348 e. The third-order valence-corrected chi connectivity index (χ3v) is 3.11. The number of aromatic nitrogens is 1. The topological polar surface area (TPSA) is 71.3 Å². The summed E-state index contributed by atoms with van der Waals surface area (Å²) >= 11 is 3.20. The second-order valence-corrected chi connectivity index (χ2v) is 4.97. The van der Waals surface area contributed by atoms with Crippen LogP contribution in [0.4, 0.5) is 11.5 Å². The highest BCUT2D eigenvalue weighted by molar-refractivity contribution is 9.10. The van der Waals surface area contributed by atoms with Gasteiger partial charge in [0.25, 0.3) is 0 Å². The van der Waals surface area contributed by atoms with Gasteiger partial charge in [0.2, 0.25) is 5.82 Å². The lowest BCUT2D eigenvalue weighted by Crippen LogP contribution is -2.49. The second-order valence-electron chi connectivity index (χ2n) is 4.05. The molecule has 1 atom stereocenters. The van der Waals surface area contributed by atoms with Crippen LogP contribution in [0.1, 0.15) is 6.92 Å². The van der Waals surface area contributed by atoms with Crippen molar-refractivity contribution >= 4 is 27.4 Å². The molecule has 0 aliphatic carbocycles. The average molecular weight is 301 g/mol. The minimum Gasteiger partial charge on any atom is -0.348 e. The van der Waals surface area contributed by atoms with Crippen LogP contribution in [0.25, 0.3) is 0 Å². The smallest absolute Gasteiger partial charge is 0.312 e. The first kappa shape index (κ1) is 12.3. The molecule has 1 aliphatic heterocycles. The lowest BCUT2D eigenvalue weighted by molar-refractivity contribution is -0.384. The number of hydrogen-bond donors (Lipinski definition) is 1. The van der Waals surface area contributed by atoms with Gasteiger partial charge in [0.05, 0.1) is 4.92 Å². The van der Waals surface area contributed by atoms with E-state index in [1.165, 1.54) is 6.07 Å². The van der Waals surface area contributed by atoms with Gasteiger partial charge in [-0.05, 0) is 22.9 Å². The summed E-state index contributed by atoms with van der Waals surface area (Å²) in [5, 5.41) is 14.3. The highest BCUT2D eigenvalue weighted by Gasteiger charge is 2.24. The Kier molecular flexibility index (Phi) is 3.58. The van der Waals surface area contributed by atoms with Crippen molar-refractivity contribution in [3.8, 4) is 0 Å². The number of hydrogen-bond acceptors (Lipinski definition) is 5. The van der Waals surface area contributed by atoms with Crippen molar-refractivity contribution in [2.24, 2.45) is 0 Å². The van der Waals surface area contributed by atoms with E-state index in [0.717, 1.165) is 19.6 Å². The Hall–Kier alpha value is -1.21. The van der Waals surface area contributed by atoms with Crippen molar-refractivity contribution in [3.63, 3.8) is 0 Å². The maximum Gasteiger partial charge on any atom is 0.312 e. The summed E-state index contributed by atoms with van der Waals surface area (Å²) in [6.45, 7) is 4.34. The maximum atomic E-state index is 11.0. The number of nitrogens with one attached hydrogen (secondary N) is 1. The molecule has 1 N–H and O–H groups in total. The molecule has 92 valence electrons. The fourth-order valence-electron chi connectivity index (χ4n) is 1.92. The first-order valence-electron chi connectivity index (χ1n) is 5.36. The Morgan fingerprint density at radius 3 is 3.12 bits per heavy atom. The molecule has 6 nitrogen and oxygen atoms in total. The van der Waals surface area contributed by atoms with Crippen LogP contribution in [-0.2, 0) is 0 Å². The van der Waals surface area contributed by atoms with Crippen molar-refractivity contribution in [2.75, 3.05) is 24.5 Å². The SMILES string of the molecule is C[C@@H]1CN(c2ncc(Br)cc2[N+](=O)[O-])CCN1. The molecule has 17 heavy (non-hydrogen) atoms. The van der Waals surface area contributed by atoms with Gasteiger partial charge in [0, 0.05) is 42.4 Å². The van der Waals surface area contributed by atoms with Crippen LogP contribution in [0.15, 0.2) is 16.7 Å². The number of halogens is 1. The highest BCUT2D eigenvalue weighted by Crippen LogP contribution is 2.28. The quantitative estimate of drug-likeness (QED) is 0.663. The minimum absolute atomic E-state index is 0.0495. The molecule has 0 radical (unpaired) electrons. The van der Waals surface area contributed by atoms with E-state index in [9.17, 15) is 10.1 Å². The molecule has 0 saturated carbocycles. The molecule has 0 amide bonds. The zero-order chi connectivity index (χ0) is 12.4. The van der Waals surface area contributed by atoms with Gasteiger partial charge in [-0.2, -0.15) is 0 Å². The summed E-state index contributed by atoms with van der Waals surface area (Å²) in [6, 6.07) is 1.81. The van der Waals surface area contributed by atoms with Crippen LogP contribution in [0.5, 0.6) is 0 Å². The van der Waals surface area contributed by atoms with Gasteiger partial charge < -0.3 is 10.2 Å². The van der Waals surface area contributed by atoms with E-state index in [2.05, 4.69) is 33.2 Å². The average Bonchev–Trinajstić information content (AvgIpc) is 2.28. The van der Waals surface area contributed by atoms with Gasteiger partial charge >= 0.3 is 5.69 Å². The van der Waals surface area contributed by atoms with Crippen LogP contribution in [0, 0.1) is 10.1 Å². The number of rotatable bonds is 2. The van der Waals surface area contributed by atoms with Crippen molar-refractivity contribution in [2.45, 2.75) is 13.0 Å². The van der Waals surface area contributed by atoms with Crippen molar-refractivity contribution in [1.82, 2.24) is 10.3 Å². The van der Waals surface area contributed by atoms with Gasteiger partial charge in [-0.25, -0.2) is 4.98 Å². The molecule has 1 aromatic heterocycles. The van der Waals surface area contributed by atoms with Crippen LogP contribution in [0.2, 0.25) is 0 Å². The van der Waals surface area contributed by atoms with Crippen LogP contribution < -0.4 is 10.2 Å². The fourth-order valence-corrected chi connectivity index (χ4v) is 2.24. The molecule has 1 aromatic rings. The van der Waals surface area contributed by atoms with Gasteiger partial charge in [-0.3, -0.25) is 10.1 Å². The standard InChI is InChI=1S/C10H13BrN4O2/c1-7-6-14(3-2-12-7)10-9(15(16)17)4-8(11)5-13-10/h4-5,7,12H,2-3,6H2,1H3/t7-/m1/s1. The normalized spacial score (nSPS) is 20.4. The minimum atomic E-state index is -0.389. The molecule has 2 heterocycles. The summed E-state index contributed by atoms with van der Waals surface area (Å²) in [5.74, 6) is 0.451. The summed E-state index contributed by atoms with van der Waals surface area (Å²) in [5.41, 5.74) is 0.0495. The zero-order valence-corrected chi connectivity index (χ0v) is 11.0. The Balaban J connectivity index is 2.33. The van der Waals surface area contributed by atoms with Gasteiger partial charge in [-0.15, -0.1) is 0 Å². The number of piperazine rings is 1. The lowest BCUT2D eigenvalue weighted by Gasteiger charge is -2.32. The number of pyridine rings is 1. The van der Waals surface area contributed by atoms with Gasteiger partial charge in [0.1, 0.15) is 0 Å². The summed E-state index contributed by atoms with van der Waals surface area (Å²) in [6.07, 6.45) is 1.59. The number of nitrogens with zero attached hydrogens (tertiary/aromatic N) is 3. The van der Waals surface area contributed by atoms with Crippen LogP contribution in [-0.4, -0.2) is 35.6 Å². The molecule has 1 fully saturated rings.